The molecule has 0 atom stereocenters. The van der Waals surface area contributed by atoms with Gasteiger partial charge >= 0.3 is 0 Å². The van der Waals surface area contributed by atoms with Crippen LogP contribution >= 0.6 is 22.7 Å². The van der Waals surface area contributed by atoms with Crippen molar-refractivity contribution in [2.24, 2.45) is 0 Å². The molecule has 92 valence electrons. The Kier molecular flexibility index (Phi) is 2.89. The fourth-order valence-electron chi connectivity index (χ4n) is 1.75. The van der Waals surface area contributed by atoms with Gasteiger partial charge in [0, 0.05) is 4.88 Å². The van der Waals surface area contributed by atoms with Gasteiger partial charge in [-0.05, 0) is 35.4 Å². The minimum absolute atomic E-state index is 0.311. The summed E-state index contributed by atoms with van der Waals surface area (Å²) >= 11 is 3.37. The Balaban J connectivity index is 1.90. The normalized spacial score (nSPS) is 10.9. The van der Waals surface area contributed by atoms with E-state index in [9.17, 15) is 0 Å². The lowest BCUT2D eigenvalue weighted by molar-refractivity contribution is 1.12. The summed E-state index contributed by atoms with van der Waals surface area (Å²) in [5.41, 5.74) is 7.91. The van der Waals surface area contributed by atoms with Crippen molar-refractivity contribution in [3.8, 4) is 0 Å². The molecule has 0 aliphatic carbocycles. The van der Waals surface area contributed by atoms with Crippen LogP contribution in [-0.2, 0) is 6.54 Å². The summed E-state index contributed by atoms with van der Waals surface area (Å²) in [6.45, 7) is 2.88. The third kappa shape index (κ3) is 2.04. The molecule has 0 spiro atoms. The maximum atomic E-state index is 5.71. The number of hydrogen-bond donors (Lipinski definition) is 2. The van der Waals surface area contributed by atoms with E-state index in [1.54, 1.807) is 22.7 Å². The zero-order chi connectivity index (χ0) is 12.5. The summed E-state index contributed by atoms with van der Waals surface area (Å²) in [6.07, 6.45) is 0. The predicted octanol–water partition coefficient (Wildman–Crippen LogP) is 3.26. The molecule has 0 aliphatic rings. The molecule has 0 saturated carbocycles. The molecular weight excluding hydrogens is 264 g/mol. The lowest BCUT2D eigenvalue weighted by Gasteiger charge is -2.06. The molecule has 0 unspecified atom stereocenters. The van der Waals surface area contributed by atoms with Gasteiger partial charge in [-0.25, -0.2) is 4.98 Å². The Morgan fingerprint density at radius 3 is 2.83 bits per heavy atom. The Bertz CT molecular complexity index is 686. The second kappa shape index (κ2) is 4.55. The molecular formula is C12H12N4S2. The highest BCUT2D eigenvalue weighted by Gasteiger charge is 2.08. The number of nitrogens with zero attached hydrogens (tertiary/aromatic N) is 2. The van der Waals surface area contributed by atoms with Crippen LogP contribution in [-0.4, -0.2) is 9.97 Å². The van der Waals surface area contributed by atoms with Crippen LogP contribution in [0.25, 0.3) is 10.2 Å². The number of fused-ring (bicyclic) bond motifs is 1. The second-order valence-corrected chi connectivity index (χ2v) is 5.86. The summed E-state index contributed by atoms with van der Waals surface area (Å²) in [5.74, 6) is 1.13. The van der Waals surface area contributed by atoms with E-state index in [1.807, 2.05) is 11.4 Å². The van der Waals surface area contributed by atoms with Crippen LogP contribution in [0.1, 0.15) is 10.4 Å². The van der Waals surface area contributed by atoms with Gasteiger partial charge in [-0.15, -0.1) is 22.7 Å². The van der Waals surface area contributed by atoms with Gasteiger partial charge < -0.3 is 11.1 Å². The summed E-state index contributed by atoms with van der Waals surface area (Å²) in [6, 6.07) is 4.08. The van der Waals surface area contributed by atoms with Crippen molar-refractivity contribution >= 4 is 44.7 Å². The minimum Gasteiger partial charge on any atom is -0.368 e. The SMILES string of the molecule is Cc1ccsc1CNc1nc(N)nc2ccsc12. The second-order valence-electron chi connectivity index (χ2n) is 3.95. The maximum absolute atomic E-state index is 5.71. The largest absolute Gasteiger partial charge is 0.368 e. The molecule has 18 heavy (non-hydrogen) atoms. The third-order valence-corrected chi connectivity index (χ3v) is 4.64. The van der Waals surface area contributed by atoms with E-state index >= 15 is 0 Å². The zero-order valence-electron chi connectivity index (χ0n) is 9.80. The van der Waals surface area contributed by atoms with Gasteiger partial charge in [-0.1, -0.05) is 0 Å². The molecule has 3 heterocycles. The fourth-order valence-corrected chi connectivity index (χ4v) is 3.39. The summed E-state index contributed by atoms with van der Waals surface area (Å²) in [7, 11) is 0. The number of hydrogen-bond acceptors (Lipinski definition) is 6. The van der Waals surface area contributed by atoms with Crippen LogP contribution in [0.3, 0.4) is 0 Å². The van der Waals surface area contributed by atoms with Crippen LogP contribution in [0.15, 0.2) is 22.9 Å². The highest BCUT2D eigenvalue weighted by atomic mass is 32.1. The van der Waals surface area contributed by atoms with Crippen LogP contribution in [0, 0.1) is 6.92 Å². The van der Waals surface area contributed by atoms with Gasteiger partial charge in [0.2, 0.25) is 5.95 Å². The monoisotopic (exact) mass is 276 g/mol. The highest BCUT2D eigenvalue weighted by Crippen LogP contribution is 2.27. The lowest BCUT2D eigenvalue weighted by Crippen LogP contribution is -2.04. The molecule has 0 aliphatic heterocycles. The van der Waals surface area contributed by atoms with E-state index in [1.165, 1.54) is 10.4 Å². The molecule has 0 radical (unpaired) electrons. The van der Waals surface area contributed by atoms with Crippen LogP contribution in [0.5, 0.6) is 0 Å². The number of aryl methyl sites for hydroxylation is 1. The van der Waals surface area contributed by atoms with Crippen molar-refractivity contribution in [1.82, 2.24) is 9.97 Å². The average Bonchev–Trinajstić information content (AvgIpc) is 2.94. The minimum atomic E-state index is 0.311. The number of thiophene rings is 2. The van der Waals surface area contributed by atoms with Gasteiger partial charge in [0.05, 0.1) is 16.8 Å². The maximum Gasteiger partial charge on any atom is 0.222 e. The van der Waals surface area contributed by atoms with E-state index < -0.39 is 0 Å². The van der Waals surface area contributed by atoms with Gasteiger partial charge in [0.15, 0.2) is 0 Å². The van der Waals surface area contributed by atoms with Crippen molar-refractivity contribution in [2.75, 3.05) is 11.1 Å². The van der Waals surface area contributed by atoms with E-state index in [0.29, 0.717) is 5.95 Å². The van der Waals surface area contributed by atoms with E-state index in [0.717, 1.165) is 22.6 Å². The van der Waals surface area contributed by atoms with Gasteiger partial charge in [-0.2, -0.15) is 4.98 Å². The molecule has 0 fully saturated rings. The smallest absolute Gasteiger partial charge is 0.222 e. The molecule has 4 nitrogen and oxygen atoms in total. The lowest BCUT2D eigenvalue weighted by atomic mass is 10.3. The topological polar surface area (TPSA) is 63.8 Å². The summed E-state index contributed by atoms with van der Waals surface area (Å²) in [5, 5.41) is 7.45. The summed E-state index contributed by atoms with van der Waals surface area (Å²) in [4.78, 5) is 9.79. The van der Waals surface area contributed by atoms with Crippen LogP contribution in [0.4, 0.5) is 11.8 Å². The Morgan fingerprint density at radius 2 is 2.06 bits per heavy atom. The van der Waals surface area contributed by atoms with Crippen LogP contribution < -0.4 is 11.1 Å². The molecule has 0 amide bonds. The third-order valence-electron chi connectivity index (χ3n) is 2.71. The first-order valence-corrected chi connectivity index (χ1v) is 7.27. The van der Waals surface area contributed by atoms with Gasteiger partial charge in [0.1, 0.15) is 5.82 Å². The number of anilines is 2. The average molecular weight is 276 g/mol. The Morgan fingerprint density at radius 1 is 1.22 bits per heavy atom. The van der Waals surface area contributed by atoms with E-state index in [4.69, 9.17) is 5.73 Å². The van der Waals surface area contributed by atoms with Crippen molar-refractivity contribution in [2.45, 2.75) is 13.5 Å². The first-order chi connectivity index (χ1) is 8.74. The first-order valence-electron chi connectivity index (χ1n) is 5.51. The summed E-state index contributed by atoms with van der Waals surface area (Å²) < 4.78 is 1.05. The first kappa shape index (κ1) is 11.4. The number of rotatable bonds is 3. The van der Waals surface area contributed by atoms with Gasteiger partial charge in [0.25, 0.3) is 0 Å². The van der Waals surface area contributed by atoms with Crippen LogP contribution in [0.2, 0.25) is 0 Å². The number of nitrogens with one attached hydrogen (secondary N) is 1. The molecule has 3 N–H and O–H groups in total. The Hall–Kier alpha value is -1.66. The molecule has 3 aromatic heterocycles. The zero-order valence-corrected chi connectivity index (χ0v) is 11.4. The highest BCUT2D eigenvalue weighted by molar-refractivity contribution is 7.17. The molecule has 3 aromatic rings. The molecule has 3 rings (SSSR count). The van der Waals surface area contributed by atoms with Crippen molar-refractivity contribution in [3.05, 3.63) is 33.3 Å². The van der Waals surface area contributed by atoms with Crippen molar-refractivity contribution in [1.29, 1.82) is 0 Å². The molecule has 0 bridgehead atoms. The van der Waals surface area contributed by atoms with Gasteiger partial charge in [-0.3, -0.25) is 0 Å². The predicted molar refractivity (Wildman–Crippen MR) is 78.2 cm³/mol. The fraction of sp³-hybridized carbons (Fsp3) is 0.167. The Labute approximate surface area is 113 Å². The van der Waals surface area contributed by atoms with E-state index in [2.05, 4.69) is 33.7 Å². The number of aromatic nitrogens is 2. The molecule has 0 aromatic carbocycles. The van der Waals surface area contributed by atoms with Crippen molar-refractivity contribution in [3.63, 3.8) is 0 Å². The molecule has 0 saturated heterocycles. The standard InChI is InChI=1S/C12H12N4S2/c1-7-2-4-17-9(7)6-14-11-10-8(3-5-18-10)15-12(13)16-11/h2-5H,6H2,1H3,(H3,13,14,15,16). The van der Waals surface area contributed by atoms with Crippen molar-refractivity contribution < 1.29 is 0 Å². The quantitative estimate of drug-likeness (QED) is 0.770. The van der Waals surface area contributed by atoms with E-state index in [-0.39, 0.29) is 0 Å². The number of nitrogens with two attached hydrogens (primary N) is 1. The molecule has 6 heteroatoms. The number of nitrogen functional groups attached to an aromatic ring is 1.